The summed E-state index contributed by atoms with van der Waals surface area (Å²) in [6, 6.07) is 0. The third kappa shape index (κ3) is 3.71. The molecule has 0 aromatic heterocycles. The van der Waals surface area contributed by atoms with Crippen molar-refractivity contribution < 1.29 is 23.8 Å². The topological polar surface area (TPSA) is 74.2 Å². The molecule has 0 amide bonds. The van der Waals surface area contributed by atoms with E-state index >= 15 is 0 Å². The van der Waals surface area contributed by atoms with Crippen molar-refractivity contribution in [3.8, 4) is 0 Å². The van der Waals surface area contributed by atoms with Gasteiger partial charge in [0.05, 0.1) is 0 Å². The van der Waals surface area contributed by atoms with Gasteiger partial charge in [-0.15, -0.1) is 0 Å². The predicted octanol–water partition coefficient (Wildman–Crippen LogP) is 2.35. The van der Waals surface area contributed by atoms with E-state index in [4.69, 9.17) is 9.47 Å². The lowest BCUT2D eigenvalue weighted by molar-refractivity contribution is -0.156. The van der Waals surface area contributed by atoms with Crippen LogP contribution >= 0.6 is 0 Å². The van der Waals surface area contributed by atoms with Gasteiger partial charge in [0.15, 0.2) is 11.6 Å². The first-order valence-corrected chi connectivity index (χ1v) is 6.60. The van der Waals surface area contributed by atoms with Crippen molar-refractivity contribution in [2.24, 2.45) is 10.4 Å². The summed E-state index contributed by atoms with van der Waals surface area (Å²) in [4.78, 5) is 27.6. The van der Waals surface area contributed by atoms with E-state index in [1.807, 2.05) is 34.6 Å². The van der Waals surface area contributed by atoms with Gasteiger partial charge in [-0.3, -0.25) is 4.99 Å². The van der Waals surface area contributed by atoms with E-state index in [9.17, 15) is 9.59 Å². The molecule has 1 fully saturated rings. The predicted molar refractivity (Wildman–Crippen MR) is 73.8 cm³/mol. The van der Waals surface area contributed by atoms with E-state index in [0.29, 0.717) is 0 Å². The van der Waals surface area contributed by atoms with Gasteiger partial charge in [-0.05, 0) is 26.2 Å². The molecule has 0 aromatic carbocycles. The Morgan fingerprint density at radius 2 is 1.95 bits per heavy atom. The van der Waals surface area contributed by atoms with Gasteiger partial charge in [-0.25, -0.2) is 9.59 Å². The Morgan fingerprint density at radius 3 is 2.35 bits per heavy atom. The molecule has 0 saturated carbocycles. The summed E-state index contributed by atoms with van der Waals surface area (Å²) < 4.78 is 14.7. The summed E-state index contributed by atoms with van der Waals surface area (Å²) in [5.41, 5.74) is -0.588. The largest absolute Gasteiger partial charge is 0.508 e. The van der Waals surface area contributed by atoms with Crippen LogP contribution in [0, 0.1) is 5.41 Å². The zero-order chi connectivity index (χ0) is 15.6. The Kier molecular flexibility index (Phi) is 4.78. The van der Waals surface area contributed by atoms with Crippen LogP contribution in [0.3, 0.4) is 0 Å². The first-order valence-electron chi connectivity index (χ1n) is 6.60. The first kappa shape index (κ1) is 16.5. The molecule has 0 N–H and O–H groups in total. The van der Waals surface area contributed by atoms with Crippen LogP contribution in [0.25, 0.3) is 0 Å². The van der Waals surface area contributed by atoms with Gasteiger partial charge in [0, 0.05) is 5.71 Å². The fraction of sp³-hybridized carbons (Fsp3) is 0.786. The molecule has 1 heterocycles. The Balaban J connectivity index is 2.75. The second-order valence-corrected chi connectivity index (χ2v) is 6.28. The number of carbonyl (C=O) groups is 2. The highest BCUT2D eigenvalue weighted by Crippen LogP contribution is 2.35. The second kappa shape index (κ2) is 5.81. The number of hydrogen-bond acceptors (Lipinski definition) is 6. The molecule has 0 aromatic rings. The van der Waals surface area contributed by atoms with Crippen molar-refractivity contribution in [2.45, 2.75) is 53.2 Å². The highest BCUT2D eigenvalue weighted by Gasteiger charge is 2.46. The van der Waals surface area contributed by atoms with Crippen LogP contribution in [-0.2, 0) is 19.0 Å². The van der Waals surface area contributed by atoms with E-state index in [1.165, 1.54) is 0 Å². The van der Waals surface area contributed by atoms with Crippen molar-refractivity contribution >= 4 is 17.8 Å². The molecular weight excluding hydrogens is 262 g/mol. The number of aliphatic imine (C=N–C) groups is 1. The molecule has 1 saturated heterocycles. The van der Waals surface area contributed by atoms with Crippen LogP contribution in [0.2, 0.25) is 0 Å². The minimum absolute atomic E-state index is 0.0193. The Labute approximate surface area is 119 Å². The van der Waals surface area contributed by atoms with E-state index < -0.39 is 29.2 Å². The van der Waals surface area contributed by atoms with Crippen LogP contribution in [0.5, 0.6) is 0 Å². The summed E-state index contributed by atoms with van der Waals surface area (Å²) in [6.07, 6.45) is -1.27. The van der Waals surface area contributed by atoms with Gasteiger partial charge < -0.3 is 14.2 Å². The number of rotatable bonds is 4. The molecule has 0 bridgehead atoms. The molecule has 0 radical (unpaired) electrons. The van der Waals surface area contributed by atoms with Crippen LogP contribution < -0.4 is 0 Å². The zero-order valence-electron chi connectivity index (χ0n) is 13.0. The minimum atomic E-state index is -0.991. The maximum Gasteiger partial charge on any atom is 0.508 e. The number of hydrogen-bond donors (Lipinski definition) is 0. The molecule has 1 aliphatic heterocycles. The summed E-state index contributed by atoms with van der Waals surface area (Å²) in [7, 11) is 0. The molecule has 114 valence electrons. The van der Waals surface area contributed by atoms with Crippen LogP contribution in [-0.4, -0.2) is 42.7 Å². The summed E-state index contributed by atoms with van der Waals surface area (Å²) in [6.45, 7) is 11.3. The summed E-state index contributed by atoms with van der Waals surface area (Å²) >= 11 is 0. The molecule has 2 atom stereocenters. The monoisotopic (exact) mass is 285 g/mol. The number of nitrogens with zero attached hydrogens (tertiary/aromatic N) is 1. The third-order valence-electron chi connectivity index (χ3n) is 3.36. The van der Waals surface area contributed by atoms with E-state index in [0.717, 1.165) is 5.71 Å². The van der Waals surface area contributed by atoms with Crippen molar-refractivity contribution in [1.82, 2.24) is 0 Å². The highest BCUT2D eigenvalue weighted by atomic mass is 16.8. The SMILES string of the molecule is CC(C)=NC(C)(C(=O)OCC1COC(=O)O1)C(C)(C)C. The lowest BCUT2D eigenvalue weighted by Gasteiger charge is -2.36. The average molecular weight is 285 g/mol. The quantitative estimate of drug-likeness (QED) is 0.585. The molecule has 1 aliphatic rings. The van der Waals surface area contributed by atoms with Crippen LogP contribution in [0.4, 0.5) is 4.79 Å². The Bertz CT molecular complexity index is 420. The number of esters is 1. The normalized spacial score (nSPS) is 21.5. The highest BCUT2D eigenvalue weighted by molar-refractivity contribution is 5.87. The molecule has 20 heavy (non-hydrogen) atoms. The van der Waals surface area contributed by atoms with Gasteiger partial charge in [-0.1, -0.05) is 20.8 Å². The van der Waals surface area contributed by atoms with Crippen molar-refractivity contribution in [3.05, 3.63) is 0 Å². The standard InChI is InChI=1S/C14H23NO5/c1-9(2)15-14(6,13(3,4)5)11(16)18-7-10-8-19-12(17)20-10/h10H,7-8H2,1-6H3. The number of cyclic esters (lactones) is 2. The zero-order valence-corrected chi connectivity index (χ0v) is 13.0. The fourth-order valence-corrected chi connectivity index (χ4v) is 1.72. The van der Waals surface area contributed by atoms with Crippen molar-refractivity contribution in [1.29, 1.82) is 0 Å². The van der Waals surface area contributed by atoms with E-state index in [2.05, 4.69) is 9.73 Å². The average Bonchev–Trinajstić information content (AvgIpc) is 2.69. The lowest BCUT2D eigenvalue weighted by atomic mass is 9.75. The molecular formula is C14H23NO5. The molecule has 6 heteroatoms. The Hall–Kier alpha value is -1.59. The Morgan fingerprint density at radius 1 is 1.35 bits per heavy atom. The van der Waals surface area contributed by atoms with Gasteiger partial charge in [-0.2, -0.15) is 0 Å². The van der Waals surface area contributed by atoms with Gasteiger partial charge in [0.2, 0.25) is 0 Å². The molecule has 0 aliphatic carbocycles. The van der Waals surface area contributed by atoms with Crippen molar-refractivity contribution in [3.63, 3.8) is 0 Å². The smallest absolute Gasteiger partial charge is 0.460 e. The summed E-state index contributed by atoms with van der Waals surface area (Å²) in [5, 5.41) is 0. The maximum atomic E-state index is 12.4. The van der Waals surface area contributed by atoms with E-state index in [1.54, 1.807) is 6.92 Å². The minimum Gasteiger partial charge on any atom is -0.460 e. The second-order valence-electron chi connectivity index (χ2n) is 6.28. The third-order valence-corrected chi connectivity index (χ3v) is 3.36. The van der Waals surface area contributed by atoms with Gasteiger partial charge in [0.25, 0.3) is 0 Å². The van der Waals surface area contributed by atoms with E-state index in [-0.39, 0.29) is 13.2 Å². The number of ether oxygens (including phenoxy) is 3. The first-order chi connectivity index (χ1) is 9.06. The van der Waals surface area contributed by atoms with Crippen molar-refractivity contribution in [2.75, 3.05) is 13.2 Å². The van der Waals surface area contributed by atoms with Gasteiger partial charge >= 0.3 is 12.1 Å². The summed E-state index contributed by atoms with van der Waals surface area (Å²) in [5.74, 6) is -0.436. The molecule has 0 spiro atoms. The number of carbonyl (C=O) groups excluding carboxylic acids is 2. The lowest BCUT2D eigenvalue weighted by Crippen LogP contribution is -2.48. The van der Waals surface area contributed by atoms with Gasteiger partial charge in [0.1, 0.15) is 13.2 Å². The molecule has 1 rings (SSSR count). The van der Waals surface area contributed by atoms with Crippen LogP contribution in [0.1, 0.15) is 41.5 Å². The molecule has 2 unspecified atom stereocenters. The molecule has 6 nitrogen and oxygen atoms in total. The fourth-order valence-electron chi connectivity index (χ4n) is 1.72. The maximum absolute atomic E-state index is 12.4. The van der Waals surface area contributed by atoms with Crippen LogP contribution in [0.15, 0.2) is 4.99 Å².